The fourth-order valence-electron chi connectivity index (χ4n) is 3.42. The Labute approximate surface area is 163 Å². The molecule has 0 radical (unpaired) electrons. The number of nitrogens with zero attached hydrogens (tertiary/aromatic N) is 6. The summed E-state index contributed by atoms with van der Waals surface area (Å²) in [5, 5.41) is 18.4. The maximum atomic E-state index is 12.8. The molecule has 28 heavy (non-hydrogen) atoms. The van der Waals surface area contributed by atoms with Gasteiger partial charge in [-0.25, -0.2) is 14.5 Å². The number of aromatic nitrogens is 6. The third kappa shape index (κ3) is 3.47. The summed E-state index contributed by atoms with van der Waals surface area (Å²) in [4.78, 5) is 17.1. The minimum absolute atomic E-state index is 0.135. The Kier molecular flexibility index (Phi) is 4.81. The highest BCUT2D eigenvalue weighted by Crippen LogP contribution is 2.40. The standard InChI is InChI=1S/C19H24N8O/c1-4-27-18(20-10-22-27)16(13-8-9-13)24-19(28)23-15-7-5-6-14(12(15)2)17-25-21-11-26(17)3/h5-7,10-11,13,16H,4,8-9H2,1-3H3,(H2,23,24,28)/t16-/m0/s1. The summed E-state index contributed by atoms with van der Waals surface area (Å²) in [5.74, 6) is 1.98. The van der Waals surface area contributed by atoms with Crippen LogP contribution in [0, 0.1) is 12.8 Å². The van der Waals surface area contributed by atoms with E-state index in [2.05, 4.69) is 30.9 Å². The second-order valence-corrected chi connectivity index (χ2v) is 7.09. The fraction of sp³-hybridized carbons (Fsp3) is 0.421. The number of anilines is 1. The summed E-state index contributed by atoms with van der Waals surface area (Å²) in [7, 11) is 1.89. The van der Waals surface area contributed by atoms with Gasteiger partial charge in [0, 0.05) is 24.8 Å². The summed E-state index contributed by atoms with van der Waals surface area (Å²) in [6.45, 7) is 4.70. The Morgan fingerprint density at radius 1 is 1.36 bits per heavy atom. The van der Waals surface area contributed by atoms with Crippen molar-refractivity contribution in [3.63, 3.8) is 0 Å². The lowest BCUT2D eigenvalue weighted by Gasteiger charge is -2.19. The minimum atomic E-state index is -0.249. The first kappa shape index (κ1) is 18.1. The summed E-state index contributed by atoms with van der Waals surface area (Å²) in [5.41, 5.74) is 2.61. The maximum absolute atomic E-state index is 12.8. The van der Waals surface area contributed by atoms with Crippen LogP contribution in [0.4, 0.5) is 10.5 Å². The molecule has 2 heterocycles. The van der Waals surface area contributed by atoms with Crippen molar-refractivity contribution in [1.82, 2.24) is 34.8 Å². The predicted molar refractivity (Wildman–Crippen MR) is 104 cm³/mol. The number of rotatable bonds is 6. The summed E-state index contributed by atoms with van der Waals surface area (Å²) >= 11 is 0. The van der Waals surface area contributed by atoms with Gasteiger partial charge >= 0.3 is 6.03 Å². The number of carbonyl (C=O) groups is 1. The third-order valence-corrected chi connectivity index (χ3v) is 5.14. The monoisotopic (exact) mass is 380 g/mol. The molecule has 0 unspecified atom stereocenters. The van der Waals surface area contributed by atoms with Gasteiger partial charge in [0.2, 0.25) is 0 Å². The van der Waals surface area contributed by atoms with Gasteiger partial charge in [-0.2, -0.15) is 5.10 Å². The molecule has 4 rings (SSSR count). The third-order valence-electron chi connectivity index (χ3n) is 5.14. The van der Waals surface area contributed by atoms with Crippen LogP contribution in [-0.4, -0.2) is 35.6 Å². The normalized spacial score (nSPS) is 14.7. The lowest BCUT2D eigenvalue weighted by Crippen LogP contribution is -2.35. The smallest absolute Gasteiger partial charge is 0.319 e. The van der Waals surface area contributed by atoms with Crippen molar-refractivity contribution < 1.29 is 4.79 Å². The van der Waals surface area contributed by atoms with E-state index < -0.39 is 0 Å². The van der Waals surface area contributed by atoms with E-state index in [0.29, 0.717) is 5.92 Å². The Hall–Kier alpha value is -3.23. The zero-order valence-corrected chi connectivity index (χ0v) is 16.3. The first-order valence-corrected chi connectivity index (χ1v) is 9.47. The highest BCUT2D eigenvalue weighted by Gasteiger charge is 2.36. The van der Waals surface area contributed by atoms with Gasteiger partial charge < -0.3 is 15.2 Å². The highest BCUT2D eigenvalue weighted by atomic mass is 16.2. The number of nitrogens with one attached hydrogen (secondary N) is 2. The van der Waals surface area contributed by atoms with E-state index in [1.807, 2.05) is 48.3 Å². The van der Waals surface area contributed by atoms with E-state index in [9.17, 15) is 4.79 Å². The molecule has 1 atom stereocenters. The molecule has 0 bridgehead atoms. The van der Waals surface area contributed by atoms with Crippen LogP contribution >= 0.6 is 0 Å². The molecule has 1 fully saturated rings. The van der Waals surface area contributed by atoms with Crippen molar-refractivity contribution in [2.24, 2.45) is 13.0 Å². The van der Waals surface area contributed by atoms with E-state index in [4.69, 9.17) is 0 Å². The molecule has 1 aliphatic carbocycles. The average molecular weight is 380 g/mol. The molecule has 2 N–H and O–H groups in total. The Morgan fingerprint density at radius 2 is 2.18 bits per heavy atom. The Bertz CT molecular complexity index is 987. The van der Waals surface area contributed by atoms with E-state index in [-0.39, 0.29) is 12.1 Å². The highest BCUT2D eigenvalue weighted by molar-refractivity contribution is 5.91. The Morgan fingerprint density at radius 3 is 2.86 bits per heavy atom. The molecular formula is C19H24N8O. The van der Waals surface area contributed by atoms with Crippen molar-refractivity contribution in [2.75, 3.05) is 5.32 Å². The van der Waals surface area contributed by atoms with Gasteiger partial charge in [0.05, 0.1) is 6.04 Å². The van der Waals surface area contributed by atoms with Crippen LogP contribution in [0.3, 0.4) is 0 Å². The molecule has 0 saturated heterocycles. The molecule has 3 aromatic rings. The number of hydrogen-bond acceptors (Lipinski definition) is 5. The van der Waals surface area contributed by atoms with Gasteiger partial charge in [0.1, 0.15) is 18.5 Å². The summed E-state index contributed by atoms with van der Waals surface area (Å²) < 4.78 is 3.69. The number of amides is 2. The number of carbonyl (C=O) groups excluding carboxylic acids is 1. The van der Waals surface area contributed by atoms with Crippen LogP contribution in [0.15, 0.2) is 30.9 Å². The van der Waals surface area contributed by atoms with Crippen LogP contribution < -0.4 is 10.6 Å². The summed E-state index contributed by atoms with van der Waals surface area (Å²) in [6.07, 6.45) is 5.37. The number of aryl methyl sites for hydroxylation is 2. The molecule has 1 aliphatic rings. The molecule has 0 spiro atoms. The van der Waals surface area contributed by atoms with Crippen LogP contribution in [0.25, 0.3) is 11.4 Å². The second kappa shape index (κ2) is 7.41. The first-order chi connectivity index (χ1) is 13.6. The zero-order chi connectivity index (χ0) is 19.7. The SMILES string of the molecule is CCn1ncnc1[C@@H](NC(=O)Nc1cccc(-c2nncn2C)c1C)C1CC1. The molecule has 2 aromatic heterocycles. The van der Waals surface area contributed by atoms with Crippen LogP contribution in [0.1, 0.15) is 37.2 Å². The van der Waals surface area contributed by atoms with Gasteiger partial charge in [-0.3, -0.25) is 0 Å². The van der Waals surface area contributed by atoms with Crippen molar-refractivity contribution in [3.05, 3.63) is 42.2 Å². The van der Waals surface area contributed by atoms with Gasteiger partial charge in [-0.05, 0) is 44.2 Å². The molecule has 2 amide bonds. The van der Waals surface area contributed by atoms with Crippen LogP contribution in [0.2, 0.25) is 0 Å². The molecule has 146 valence electrons. The molecule has 1 saturated carbocycles. The van der Waals surface area contributed by atoms with Crippen molar-refractivity contribution in [2.45, 2.75) is 39.3 Å². The first-order valence-electron chi connectivity index (χ1n) is 9.47. The zero-order valence-electron chi connectivity index (χ0n) is 16.3. The number of hydrogen-bond donors (Lipinski definition) is 2. The average Bonchev–Trinajstić information content (AvgIpc) is 3.26. The van der Waals surface area contributed by atoms with E-state index in [1.165, 1.54) is 0 Å². The van der Waals surface area contributed by atoms with Gasteiger partial charge in [-0.1, -0.05) is 12.1 Å². The Balaban J connectivity index is 1.53. The van der Waals surface area contributed by atoms with E-state index in [1.54, 1.807) is 12.7 Å². The van der Waals surface area contributed by atoms with E-state index >= 15 is 0 Å². The van der Waals surface area contributed by atoms with Crippen molar-refractivity contribution in [1.29, 1.82) is 0 Å². The quantitative estimate of drug-likeness (QED) is 0.684. The molecular weight excluding hydrogens is 356 g/mol. The molecule has 1 aromatic carbocycles. The lowest BCUT2D eigenvalue weighted by atomic mass is 10.1. The topological polar surface area (TPSA) is 103 Å². The minimum Gasteiger partial charge on any atom is -0.328 e. The van der Waals surface area contributed by atoms with Crippen LogP contribution in [-0.2, 0) is 13.6 Å². The lowest BCUT2D eigenvalue weighted by molar-refractivity contribution is 0.246. The van der Waals surface area contributed by atoms with E-state index in [0.717, 1.165) is 47.8 Å². The maximum Gasteiger partial charge on any atom is 0.319 e. The summed E-state index contributed by atoms with van der Waals surface area (Å²) in [6, 6.07) is 5.37. The van der Waals surface area contributed by atoms with Crippen molar-refractivity contribution in [3.8, 4) is 11.4 Å². The fourth-order valence-corrected chi connectivity index (χ4v) is 3.42. The molecule has 9 heteroatoms. The number of benzene rings is 1. The number of urea groups is 1. The van der Waals surface area contributed by atoms with Gasteiger partial charge in [0.15, 0.2) is 5.82 Å². The predicted octanol–water partition coefficient (Wildman–Crippen LogP) is 2.67. The second-order valence-electron chi connectivity index (χ2n) is 7.09. The van der Waals surface area contributed by atoms with Crippen LogP contribution in [0.5, 0.6) is 0 Å². The van der Waals surface area contributed by atoms with Gasteiger partial charge in [-0.15, -0.1) is 10.2 Å². The largest absolute Gasteiger partial charge is 0.328 e. The molecule has 0 aliphatic heterocycles. The van der Waals surface area contributed by atoms with Crippen molar-refractivity contribution >= 4 is 11.7 Å². The molecule has 9 nitrogen and oxygen atoms in total. The van der Waals surface area contributed by atoms with Gasteiger partial charge in [0.25, 0.3) is 0 Å².